The summed E-state index contributed by atoms with van der Waals surface area (Å²) in [5.41, 5.74) is 0.944. The molecule has 0 aromatic heterocycles. The lowest BCUT2D eigenvalue weighted by Crippen LogP contribution is -2.64. The number of benzene rings is 1. The lowest BCUT2D eigenvalue weighted by atomic mass is 9.99. The molecule has 1 aromatic carbocycles. The fourth-order valence-electron chi connectivity index (χ4n) is 2.03. The highest BCUT2D eigenvalue weighted by atomic mass is 16.7. The van der Waals surface area contributed by atoms with Crippen LogP contribution in [0.15, 0.2) is 24.3 Å². The summed E-state index contributed by atoms with van der Waals surface area (Å²) in [7, 11) is 0. The number of aliphatic hydroxyl groups excluding tert-OH is 3. The van der Waals surface area contributed by atoms with Gasteiger partial charge in [-0.25, -0.2) is 0 Å². The Morgan fingerprint density at radius 2 is 2.05 bits per heavy atom. The van der Waals surface area contributed by atoms with Crippen molar-refractivity contribution in [3.8, 4) is 5.75 Å². The molecule has 1 aliphatic heterocycles. The number of rotatable bonds is 3. The van der Waals surface area contributed by atoms with Crippen molar-refractivity contribution >= 4 is 0 Å². The van der Waals surface area contributed by atoms with Crippen LogP contribution in [0, 0.1) is 6.92 Å². The highest BCUT2D eigenvalue weighted by Gasteiger charge is 2.41. The zero-order valence-corrected chi connectivity index (χ0v) is 10.5. The molecule has 1 saturated heterocycles. The SMILES string of the molecule is Cc1cccc(O[C@@H]2[C@@H](O)[C@H](O)[C@@H](CO)O[C@@H]2[O-])c1. The summed E-state index contributed by atoms with van der Waals surface area (Å²) >= 11 is 0. The summed E-state index contributed by atoms with van der Waals surface area (Å²) in [6.45, 7) is 1.33. The minimum atomic E-state index is -1.67. The molecule has 1 aromatic rings. The van der Waals surface area contributed by atoms with Gasteiger partial charge >= 0.3 is 0 Å². The van der Waals surface area contributed by atoms with Crippen LogP contribution in [0.5, 0.6) is 5.75 Å². The van der Waals surface area contributed by atoms with Gasteiger partial charge in [-0.2, -0.15) is 0 Å². The monoisotopic (exact) mass is 269 g/mol. The molecule has 0 radical (unpaired) electrons. The van der Waals surface area contributed by atoms with Gasteiger partial charge in [-0.05, 0) is 24.6 Å². The van der Waals surface area contributed by atoms with Gasteiger partial charge in [0.05, 0.1) is 6.61 Å². The van der Waals surface area contributed by atoms with E-state index >= 15 is 0 Å². The molecule has 6 nitrogen and oxygen atoms in total. The molecule has 1 heterocycles. The Morgan fingerprint density at radius 1 is 1.32 bits per heavy atom. The molecule has 3 N–H and O–H groups in total. The van der Waals surface area contributed by atoms with Crippen molar-refractivity contribution < 1.29 is 29.9 Å². The quantitative estimate of drug-likeness (QED) is 0.620. The summed E-state index contributed by atoms with van der Waals surface area (Å²) < 4.78 is 10.3. The molecule has 0 bridgehead atoms. The van der Waals surface area contributed by atoms with Gasteiger partial charge in [0.2, 0.25) is 0 Å². The number of aliphatic hydroxyl groups is 3. The van der Waals surface area contributed by atoms with Crippen LogP contribution in [-0.2, 0) is 4.74 Å². The van der Waals surface area contributed by atoms with E-state index in [1.807, 2.05) is 13.0 Å². The summed E-state index contributed by atoms with van der Waals surface area (Å²) in [5, 5.41) is 40.3. The van der Waals surface area contributed by atoms with Crippen molar-refractivity contribution in [1.29, 1.82) is 0 Å². The number of hydrogen-bond donors (Lipinski definition) is 3. The molecular formula is C13H17O6-. The zero-order chi connectivity index (χ0) is 14.0. The molecule has 0 spiro atoms. The second-order valence-electron chi connectivity index (χ2n) is 4.61. The van der Waals surface area contributed by atoms with Gasteiger partial charge in [-0.15, -0.1) is 0 Å². The maximum Gasteiger partial charge on any atom is 0.138 e. The van der Waals surface area contributed by atoms with Crippen LogP contribution in [0.4, 0.5) is 0 Å². The predicted molar refractivity (Wildman–Crippen MR) is 63.4 cm³/mol. The number of aryl methyl sites for hydroxylation is 1. The Labute approximate surface area is 110 Å². The van der Waals surface area contributed by atoms with E-state index in [1.54, 1.807) is 18.2 Å². The standard InChI is InChI=1S/C13H17O6/c1-7-3-2-4-8(5-7)18-12-11(16)10(15)9(6-14)19-13(12)17/h2-5,9-16H,6H2,1H3/q-1/t9-,10-,11+,12-,13+/m1/s1. The van der Waals surface area contributed by atoms with Gasteiger partial charge in [0.25, 0.3) is 0 Å². The third-order valence-corrected chi connectivity index (χ3v) is 3.09. The first-order valence-corrected chi connectivity index (χ1v) is 6.04. The average Bonchev–Trinajstić information content (AvgIpc) is 2.39. The molecule has 6 heteroatoms. The molecule has 0 unspecified atom stereocenters. The van der Waals surface area contributed by atoms with Gasteiger partial charge in [0, 0.05) is 6.29 Å². The predicted octanol–water partition coefficient (Wildman–Crippen LogP) is -1.46. The zero-order valence-electron chi connectivity index (χ0n) is 10.5. The van der Waals surface area contributed by atoms with Gasteiger partial charge in [0.1, 0.15) is 30.2 Å². The first-order chi connectivity index (χ1) is 9.02. The topological polar surface area (TPSA) is 102 Å². The second-order valence-corrected chi connectivity index (χ2v) is 4.61. The first-order valence-electron chi connectivity index (χ1n) is 6.04. The van der Waals surface area contributed by atoms with Crippen LogP contribution >= 0.6 is 0 Å². The molecule has 5 atom stereocenters. The summed E-state index contributed by atoms with van der Waals surface area (Å²) in [6.07, 6.45) is -6.75. The molecule has 1 aliphatic rings. The van der Waals surface area contributed by atoms with Crippen molar-refractivity contribution in [3.05, 3.63) is 29.8 Å². The van der Waals surface area contributed by atoms with E-state index in [2.05, 4.69) is 0 Å². The number of ether oxygens (including phenoxy) is 2. The van der Waals surface area contributed by atoms with E-state index in [4.69, 9.17) is 14.6 Å². The van der Waals surface area contributed by atoms with E-state index in [0.717, 1.165) is 5.56 Å². The Balaban J connectivity index is 2.11. The van der Waals surface area contributed by atoms with Crippen LogP contribution < -0.4 is 9.84 Å². The van der Waals surface area contributed by atoms with Gasteiger partial charge in [0.15, 0.2) is 0 Å². The van der Waals surface area contributed by atoms with Crippen LogP contribution in [0.25, 0.3) is 0 Å². The van der Waals surface area contributed by atoms with Crippen molar-refractivity contribution in [2.45, 2.75) is 37.6 Å². The van der Waals surface area contributed by atoms with Gasteiger partial charge in [-0.1, -0.05) is 12.1 Å². The summed E-state index contributed by atoms with van der Waals surface area (Å²) in [6, 6.07) is 6.99. The van der Waals surface area contributed by atoms with E-state index in [1.165, 1.54) is 0 Å². The maximum absolute atomic E-state index is 11.8. The molecule has 0 aliphatic carbocycles. The van der Waals surface area contributed by atoms with Crippen molar-refractivity contribution in [2.75, 3.05) is 6.61 Å². The minimum absolute atomic E-state index is 0.420. The minimum Gasteiger partial charge on any atom is -0.828 e. The molecule has 1 fully saturated rings. The molecule has 19 heavy (non-hydrogen) atoms. The third-order valence-electron chi connectivity index (χ3n) is 3.09. The van der Waals surface area contributed by atoms with Crippen LogP contribution in [-0.4, -0.2) is 52.6 Å². The largest absolute Gasteiger partial charge is 0.828 e. The first kappa shape index (κ1) is 14.2. The van der Waals surface area contributed by atoms with Crippen LogP contribution in [0.2, 0.25) is 0 Å². The lowest BCUT2D eigenvalue weighted by molar-refractivity contribution is -0.530. The Hall–Kier alpha value is -1.18. The second kappa shape index (κ2) is 5.85. The van der Waals surface area contributed by atoms with Gasteiger partial charge in [-0.3, -0.25) is 0 Å². The van der Waals surface area contributed by atoms with Crippen molar-refractivity contribution in [1.82, 2.24) is 0 Å². The molecular weight excluding hydrogens is 252 g/mol. The van der Waals surface area contributed by atoms with E-state index in [-0.39, 0.29) is 0 Å². The Bertz CT molecular complexity index is 423. The molecule has 0 amide bonds. The lowest BCUT2D eigenvalue weighted by Gasteiger charge is -2.45. The third kappa shape index (κ3) is 3.05. The van der Waals surface area contributed by atoms with Crippen LogP contribution in [0.3, 0.4) is 0 Å². The maximum atomic E-state index is 11.8. The smallest absolute Gasteiger partial charge is 0.138 e. The number of hydrogen-bond acceptors (Lipinski definition) is 6. The Kier molecular flexibility index (Phi) is 4.38. The van der Waals surface area contributed by atoms with E-state index in [0.29, 0.717) is 5.75 Å². The summed E-state index contributed by atoms with van der Waals surface area (Å²) in [4.78, 5) is 0. The molecule has 0 saturated carbocycles. The Morgan fingerprint density at radius 3 is 2.68 bits per heavy atom. The summed E-state index contributed by atoms with van der Waals surface area (Å²) in [5.74, 6) is 0.420. The van der Waals surface area contributed by atoms with Crippen molar-refractivity contribution in [3.63, 3.8) is 0 Å². The fraction of sp³-hybridized carbons (Fsp3) is 0.538. The van der Waals surface area contributed by atoms with E-state index < -0.39 is 37.3 Å². The van der Waals surface area contributed by atoms with Crippen LogP contribution in [0.1, 0.15) is 5.56 Å². The highest BCUT2D eigenvalue weighted by molar-refractivity contribution is 5.27. The van der Waals surface area contributed by atoms with E-state index in [9.17, 15) is 15.3 Å². The fourth-order valence-corrected chi connectivity index (χ4v) is 2.03. The van der Waals surface area contributed by atoms with Gasteiger partial charge < -0.3 is 29.9 Å². The normalized spacial score (nSPS) is 35.1. The molecule has 106 valence electrons. The van der Waals surface area contributed by atoms with Crippen molar-refractivity contribution in [2.24, 2.45) is 0 Å². The average molecular weight is 269 g/mol. The highest BCUT2D eigenvalue weighted by Crippen LogP contribution is 2.23. The molecule has 2 rings (SSSR count).